The molecule has 72 valence electrons. The zero-order valence-electron chi connectivity index (χ0n) is 7.24. The van der Waals surface area contributed by atoms with Crippen LogP contribution < -0.4 is 0 Å². The third-order valence-electron chi connectivity index (χ3n) is 1.56. The zero-order chi connectivity index (χ0) is 9.83. The van der Waals surface area contributed by atoms with Gasteiger partial charge in [-0.25, -0.2) is 0 Å². The summed E-state index contributed by atoms with van der Waals surface area (Å²) < 4.78 is 41.3. The van der Waals surface area contributed by atoms with Gasteiger partial charge in [-0.05, 0) is 13.3 Å². The summed E-state index contributed by atoms with van der Waals surface area (Å²) in [5.41, 5.74) is -2.21. The largest absolute Gasteiger partial charge is 0.420 e. The van der Waals surface area contributed by atoms with Crippen molar-refractivity contribution < 1.29 is 17.9 Å². The van der Waals surface area contributed by atoms with Crippen molar-refractivity contribution in [2.45, 2.75) is 32.0 Å². The fourth-order valence-electron chi connectivity index (χ4n) is 0.571. The summed E-state index contributed by atoms with van der Waals surface area (Å²) in [5.74, 6) is 0. The molecule has 0 aliphatic carbocycles. The Morgan fingerprint density at radius 3 is 2.17 bits per heavy atom. The number of halogens is 3. The van der Waals surface area contributed by atoms with Crippen LogP contribution >= 0.6 is 0 Å². The summed E-state index contributed by atoms with van der Waals surface area (Å²) in [7, 11) is 0. The van der Waals surface area contributed by atoms with Gasteiger partial charge in [-0.2, -0.15) is 13.2 Å². The van der Waals surface area contributed by atoms with Crippen molar-refractivity contribution in [3.8, 4) is 0 Å². The highest BCUT2D eigenvalue weighted by atomic mass is 19.4. The summed E-state index contributed by atoms with van der Waals surface area (Å²) in [6, 6.07) is 0. The molecule has 0 saturated heterocycles. The van der Waals surface area contributed by atoms with Gasteiger partial charge in [0.1, 0.15) is 0 Å². The molecule has 0 fully saturated rings. The molecule has 0 aromatic rings. The standard InChI is InChI=1S/C8H13F3O/c1-4-6-12-7(3,5-2)8(9,10)11/h5H,2,4,6H2,1,3H3. The Morgan fingerprint density at radius 1 is 1.42 bits per heavy atom. The summed E-state index contributed by atoms with van der Waals surface area (Å²) in [4.78, 5) is 0. The molecule has 0 saturated carbocycles. The monoisotopic (exact) mass is 182 g/mol. The van der Waals surface area contributed by atoms with Crippen molar-refractivity contribution in [2.24, 2.45) is 0 Å². The molecule has 12 heavy (non-hydrogen) atoms. The van der Waals surface area contributed by atoms with Crippen molar-refractivity contribution in [1.29, 1.82) is 0 Å². The smallest absolute Gasteiger partial charge is 0.362 e. The summed E-state index contributed by atoms with van der Waals surface area (Å²) >= 11 is 0. The number of hydrogen-bond donors (Lipinski definition) is 0. The molecule has 4 heteroatoms. The second-order valence-corrected chi connectivity index (χ2v) is 2.66. The Balaban J connectivity index is 4.35. The van der Waals surface area contributed by atoms with Gasteiger partial charge in [0.05, 0.1) is 0 Å². The lowest BCUT2D eigenvalue weighted by Crippen LogP contribution is -2.43. The minimum atomic E-state index is -4.38. The normalized spacial score (nSPS) is 17.1. The fourth-order valence-corrected chi connectivity index (χ4v) is 0.571. The lowest BCUT2D eigenvalue weighted by molar-refractivity contribution is -0.250. The maximum Gasteiger partial charge on any atom is 0.420 e. The Labute approximate surface area is 70.2 Å². The van der Waals surface area contributed by atoms with Crippen LogP contribution in [0.4, 0.5) is 13.2 Å². The third-order valence-corrected chi connectivity index (χ3v) is 1.56. The molecule has 0 rings (SSSR count). The van der Waals surface area contributed by atoms with Crippen molar-refractivity contribution in [1.82, 2.24) is 0 Å². The van der Waals surface area contributed by atoms with Gasteiger partial charge in [0.15, 0.2) is 5.60 Å². The van der Waals surface area contributed by atoms with Gasteiger partial charge in [-0.1, -0.05) is 19.6 Å². The van der Waals surface area contributed by atoms with Crippen molar-refractivity contribution in [3.63, 3.8) is 0 Å². The third kappa shape index (κ3) is 2.52. The lowest BCUT2D eigenvalue weighted by Gasteiger charge is -2.28. The molecule has 0 aromatic heterocycles. The van der Waals surface area contributed by atoms with Gasteiger partial charge in [-0.3, -0.25) is 0 Å². The first-order valence-electron chi connectivity index (χ1n) is 3.71. The first-order chi connectivity index (χ1) is 5.37. The van der Waals surface area contributed by atoms with Crippen molar-refractivity contribution >= 4 is 0 Å². The van der Waals surface area contributed by atoms with Crippen LogP contribution in [0.3, 0.4) is 0 Å². The molecule has 0 N–H and O–H groups in total. The predicted molar refractivity (Wildman–Crippen MR) is 40.9 cm³/mol. The average molecular weight is 182 g/mol. The van der Waals surface area contributed by atoms with E-state index in [1.165, 1.54) is 0 Å². The van der Waals surface area contributed by atoms with Crippen LogP contribution in [-0.2, 0) is 4.74 Å². The number of ether oxygens (including phenoxy) is 1. The highest BCUT2D eigenvalue weighted by molar-refractivity contribution is 4.99. The van der Waals surface area contributed by atoms with Crippen LogP contribution in [0.25, 0.3) is 0 Å². The quantitative estimate of drug-likeness (QED) is 0.607. The summed E-state index contributed by atoms with van der Waals surface area (Å²) in [6.07, 6.45) is -3.05. The summed E-state index contributed by atoms with van der Waals surface area (Å²) in [6.45, 7) is 5.91. The lowest BCUT2D eigenvalue weighted by atomic mass is 10.1. The topological polar surface area (TPSA) is 9.23 Å². The van der Waals surface area contributed by atoms with Crippen molar-refractivity contribution in [3.05, 3.63) is 12.7 Å². The SMILES string of the molecule is C=CC(C)(OCCC)C(F)(F)F. The van der Waals surface area contributed by atoms with Gasteiger partial charge in [-0.15, -0.1) is 0 Å². The molecule has 1 unspecified atom stereocenters. The highest BCUT2D eigenvalue weighted by Gasteiger charge is 2.49. The second-order valence-electron chi connectivity index (χ2n) is 2.66. The van der Waals surface area contributed by atoms with Gasteiger partial charge in [0.2, 0.25) is 0 Å². The predicted octanol–water partition coefficient (Wildman–Crippen LogP) is 2.92. The van der Waals surface area contributed by atoms with E-state index in [-0.39, 0.29) is 6.61 Å². The number of rotatable bonds is 4. The molecule has 1 nitrogen and oxygen atoms in total. The van der Waals surface area contributed by atoms with E-state index in [0.717, 1.165) is 13.0 Å². The van der Waals surface area contributed by atoms with Gasteiger partial charge >= 0.3 is 6.18 Å². The molecular formula is C8H13F3O. The molecule has 1 atom stereocenters. The van der Waals surface area contributed by atoms with Crippen LogP contribution in [0.1, 0.15) is 20.3 Å². The highest BCUT2D eigenvalue weighted by Crippen LogP contribution is 2.34. The molecule has 0 aromatic carbocycles. The van der Waals surface area contributed by atoms with E-state index >= 15 is 0 Å². The minimum absolute atomic E-state index is 0.0853. The van der Waals surface area contributed by atoms with E-state index < -0.39 is 11.8 Å². The maximum absolute atomic E-state index is 12.2. The maximum atomic E-state index is 12.2. The van der Waals surface area contributed by atoms with Crippen LogP contribution in [0.15, 0.2) is 12.7 Å². The van der Waals surface area contributed by atoms with E-state index in [1.54, 1.807) is 6.92 Å². The van der Waals surface area contributed by atoms with E-state index in [4.69, 9.17) is 0 Å². The molecule has 0 radical (unpaired) electrons. The number of hydrogen-bond acceptors (Lipinski definition) is 1. The Morgan fingerprint density at radius 2 is 1.92 bits per heavy atom. The van der Waals surface area contributed by atoms with E-state index in [9.17, 15) is 13.2 Å². The Hall–Kier alpha value is -0.510. The fraction of sp³-hybridized carbons (Fsp3) is 0.750. The van der Waals surface area contributed by atoms with E-state index in [1.807, 2.05) is 0 Å². The average Bonchev–Trinajstić information content (AvgIpc) is 1.98. The van der Waals surface area contributed by atoms with Gasteiger partial charge in [0.25, 0.3) is 0 Å². The van der Waals surface area contributed by atoms with Crippen LogP contribution in [0.5, 0.6) is 0 Å². The first-order valence-corrected chi connectivity index (χ1v) is 3.71. The molecule has 0 bridgehead atoms. The Bertz CT molecular complexity index is 153. The molecule has 0 spiro atoms. The van der Waals surface area contributed by atoms with Crippen molar-refractivity contribution in [2.75, 3.05) is 6.61 Å². The van der Waals surface area contributed by atoms with Crippen LogP contribution in [-0.4, -0.2) is 18.4 Å². The Kier molecular flexibility index (Phi) is 3.77. The van der Waals surface area contributed by atoms with Gasteiger partial charge < -0.3 is 4.74 Å². The molecule has 0 heterocycles. The number of alkyl halides is 3. The molecule has 0 amide bonds. The zero-order valence-corrected chi connectivity index (χ0v) is 7.24. The molecular weight excluding hydrogens is 169 g/mol. The van der Waals surface area contributed by atoms with Crippen LogP contribution in [0.2, 0.25) is 0 Å². The molecule has 0 aliphatic heterocycles. The summed E-state index contributed by atoms with van der Waals surface area (Å²) in [5, 5.41) is 0. The minimum Gasteiger partial charge on any atom is -0.362 e. The second kappa shape index (κ2) is 3.94. The van der Waals surface area contributed by atoms with E-state index in [2.05, 4.69) is 11.3 Å². The molecule has 0 aliphatic rings. The van der Waals surface area contributed by atoms with Gasteiger partial charge in [0, 0.05) is 6.61 Å². The van der Waals surface area contributed by atoms with E-state index in [0.29, 0.717) is 6.42 Å². The van der Waals surface area contributed by atoms with Crippen LogP contribution in [0, 0.1) is 0 Å². The first kappa shape index (κ1) is 11.5.